The van der Waals surface area contributed by atoms with Gasteiger partial charge in [0.1, 0.15) is 0 Å². The lowest BCUT2D eigenvalue weighted by atomic mass is 9.69. The molecular weight excluding hydrogens is 152 g/mol. The van der Waals surface area contributed by atoms with Crippen LogP contribution in [0.4, 0.5) is 0 Å². The topological polar surface area (TPSA) is 37.3 Å². The van der Waals surface area contributed by atoms with Crippen LogP contribution in [0.15, 0.2) is 24.3 Å². The van der Waals surface area contributed by atoms with E-state index in [2.05, 4.69) is 0 Å². The highest BCUT2D eigenvalue weighted by Gasteiger charge is 2.38. The molecule has 1 aromatic carbocycles. The van der Waals surface area contributed by atoms with Crippen LogP contribution in [0, 0.1) is 0 Å². The second-order valence-electron chi connectivity index (χ2n) is 3.23. The minimum absolute atomic E-state index is 0.179. The Morgan fingerprint density at radius 2 is 1.92 bits per heavy atom. The molecule has 2 nitrogen and oxygen atoms in total. The zero-order valence-corrected chi connectivity index (χ0v) is 6.82. The van der Waals surface area contributed by atoms with Gasteiger partial charge in [-0.25, -0.2) is 0 Å². The summed E-state index contributed by atoms with van der Waals surface area (Å²) in [6, 6.07) is 7.74. The summed E-state index contributed by atoms with van der Waals surface area (Å²) in [5, 5.41) is 8.85. The third-order valence-electron chi connectivity index (χ3n) is 2.59. The Bertz CT molecular complexity index is 330. The Morgan fingerprint density at radius 1 is 1.33 bits per heavy atom. The summed E-state index contributed by atoms with van der Waals surface area (Å²) < 4.78 is 0. The van der Waals surface area contributed by atoms with E-state index in [1.165, 1.54) is 5.56 Å². The number of rotatable bonds is 1. The molecular formula is C10H10O2. The second kappa shape index (κ2) is 2.34. The molecule has 0 fully saturated rings. The van der Waals surface area contributed by atoms with E-state index >= 15 is 0 Å². The molecule has 1 aliphatic rings. The summed E-state index contributed by atoms with van der Waals surface area (Å²) in [6.45, 7) is 1.96. The van der Waals surface area contributed by atoms with Crippen LogP contribution in [-0.2, 0) is 4.79 Å². The van der Waals surface area contributed by atoms with Crippen molar-refractivity contribution in [1.29, 1.82) is 0 Å². The molecule has 0 spiro atoms. The van der Waals surface area contributed by atoms with Gasteiger partial charge in [-0.2, -0.15) is 0 Å². The first-order valence-electron chi connectivity index (χ1n) is 4.03. The first-order valence-corrected chi connectivity index (χ1v) is 4.03. The van der Waals surface area contributed by atoms with Crippen LogP contribution in [0.5, 0.6) is 0 Å². The van der Waals surface area contributed by atoms with Gasteiger partial charge in [-0.05, 0) is 17.0 Å². The van der Waals surface area contributed by atoms with E-state index in [1.54, 1.807) is 0 Å². The van der Waals surface area contributed by atoms with Crippen LogP contribution >= 0.6 is 0 Å². The van der Waals surface area contributed by atoms with Crippen LogP contribution in [0.1, 0.15) is 29.9 Å². The highest BCUT2D eigenvalue weighted by atomic mass is 16.4. The van der Waals surface area contributed by atoms with Crippen molar-refractivity contribution in [3.63, 3.8) is 0 Å². The lowest BCUT2D eigenvalue weighted by Crippen LogP contribution is -2.28. The Morgan fingerprint density at radius 3 is 2.50 bits per heavy atom. The molecule has 0 radical (unpaired) electrons. The van der Waals surface area contributed by atoms with E-state index in [0.29, 0.717) is 0 Å². The van der Waals surface area contributed by atoms with Crippen LogP contribution in [0.3, 0.4) is 0 Å². The molecule has 0 bridgehead atoms. The average Bonchev–Trinajstić information content (AvgIpc) is 2.03. The zero-order chi connectivity index (χ0) is 8.72. The number of benzene rings is 1. The van der Waals surface area contributed by atoms with Gasteiger partial charge in [-0.1, -0.05) is 31.2 Å². The molecule has 2 unspecified atom stereocenters. The average molecular weight is 162 g/mol. The quantitative estimate of drug-likeness (QED) is 0.685. The maximum absolute atomic E-state index is 10.8. The standard InChI is InChI=1S/C10H10O2/c1-6-7-4-2-3-5-8(7)9(6)10(11)12/h2-6,9H,1H3,(H,11,12). The van der Waals surface area contributed by atoms with E-state index in [9.17, 15) is 4.79 Å². The van der Waals surface area contributed by atoms with Crippen molar-refractivity contribution in [2.75, 3.05) is 0 Å². The van der Waals surface area contributed by atoms with Crippen molar-refractivity contribution in [2.24, 2.45) is 0 Å². The number of aliphatic carboxylic acids is 1. The predicted octanol–water partition coefficient (Wildman–Crippen LogP) is 1.97. The summed E-state index contributed by atoms with van der Waals surface area (Å²) in [5.74, 6) is -0.805. The Kier molecular flexibility index (Phi) is 1.43. The van der Waals surface area contributed by atoms with Crippen molar-refractivity contribution in [3.05, 3.63) is 35.4 Å². The number of carbonyl (C=O) groups is 1. The third-order valence-corrected chi connectivity index (χ3v) is 2.59. The van der Waals surface area contributed by atoms with Crippen molar-refractivity contribution in [2.45, 2.75) is 18.8 Å². The number of hydrogen-bond acceptors (Lipinski definition) is 1. The minimum Gasteiger partial charge on any atom is -0.481 e. The lowest BCUT2D eigenvalue weighted by molar-refractivity contribution is -0.140. The maximum atomic E-state index is 10.8. The fraction of sp³-hybridized carbons (Fsp3) is 0.300. The van der Waals surface area contributed by atoms with Crippen molar-refractivity contribution in [1.82, 2.24) is 0 Å². The lowest BCUT2D eigenvalue weighted by Gasteiger charge is -2.34. The molecule has 62 valence electrons. The summed E-state index contributed by atoms with van der Waals surface area (Å²) in [6.07, 6.45) is 0. The molecule has 0 aliphatic heterocycles. The van der Waals surface area contributed by atoms with Gasteiger partial charge in [0.05, 0.1) is 5.92 Å². The van der Waals surface area contributed by atoms with Crippen LogP contribution < -0.4 is 0 Å². The molecule has 0 amide bonds. The Hall–Kier alpha value is -1.31. The van der Waals surface area contributed by atoms with E-state index in [4.69, 9.17) is 5.11 Å². The summed E-state index contributed by atoms with van der Waals surface area (Å²) in [4.78, 5) is 10.8. The van der Waals surface area contributed by atoms with Gasteiger partial charge in [0.25, 0.3) is 0 Å². The van der Waals surface area contributed by atoms with Gasteiger partial charge in [-0.3, -0.25) is 4.79 Å². The minimum atomic E-state index is -0.707. The zero-order valence-electron chi connectivity index (χ0n) is 6.82. The van der Waals surface area contributed by atoms with E-state index < -0.39 is 5.97 Å². The van der Waals surface area contributed by atoms with Gasteiger partial charge in [0.15, 0.2) is 0 Å². The molecule has 0 aromatic heterocycles. The molecule has 1 N–H and O–H groups in total. The van der Waals surface area contributed by atoms with Gasteiger partial charge in [0, 0.05) is 0 Å². The molecule has 1 aromatic rings. The van der Waals surface area contributed by atoms with Gasteiger partial charge in [0.2, 0.25) is 0 Å². The molecule has 2 heteroatoms. The molecule has 12 heavy (non-hydrogen) atoms. The largest absolute Gasteiger partial charge is 0.481 e. The second-order valence-corrected chi connectivity index (χ2v) is 3.23. The monoisotopic (exact) mass is 162 g/mol. The van der Waals surface area contributed by atoms with Crippen molar-refractivity contribution < 1.29 is 9.90 Å². The maximum Gasteiger partial charge on any atom is 0.311 e. The highest BCUT2D eigenvalue weighted by molar-refractivity contribution is 5.81. The van der Waals surface area contributed by atoms with E-state index in [-0.39, 0.29) is 11.8 Å². The van der Waals surface area contributed by atoms with E-state index in [0.717, 1.165) is 5.56 Å². The molecule has 0 saturated heterocycles. The first-order chi connectivity index (χ1) is 5.72. The summed E-state index contributed by atoms with van der Waals surface area (Å²) in [7, 11) is 0. The highest BCUT2D eigenvalue weighted by Crippen LogP contribution is 2.45. The number of fused-ring (bicyclic) bond motifs is 1. The fourth-order valence-corrected chi connectivity index (χ4v) is 1.91. The Labute approximate surface area is 70.8 Å². The number of hydrogen-bond donors (Lipinski definition) is 1. The third kappa shape index (κ3) is 0.779. The molecule has 2 atom stereocenters. The summed E-state index contributed by atoms with van der Waals surface area (Å²) in [5.41, 5.74) is 2.17. The fourth-order valence-electron chi connectivity index (χ4n) is 1.91. The molecule has 0 saturated carbocycles. The molecule has 1 aliphatic carbocycles. The SMILES string of the molecule is CC1c2ccccc2C1C(=O)O. The van der Waals surface area contributed by atoms with Crippen molar-refractivity contribution in [3.8, 4) is 0 Å². The van der Waals surface area contributed by atoms with Crippen LogP contribution in [0.25, 0.3) is 0 Å². The van der Waals surface area contributed by atoms with Crippen LogP contribution in [-0.4, -0.2) is 11.1 Å². The molecule has 2 rings (SSSR count). The van der Waals surface area contributed by atoms with Gasteiger partial charge >= 0.3 is 5.97 Å². The normalized spacial score (nSPS) is 25.8. The van der Waals surface area contributed by atoms with Gasteiger partial charge < -0.3 is 5.11 Å². The van der Waals surface area contributed by atoms with E-state index in [1.807, 2.05) is 31.2 Å². The first kappa shape index (κ1) is 7.35. The predicted molar refractivity (Wildman–Crippen MR) is 45.2 cm³/mol. The number of carboxylic acids is 1. The smallest absolute Gasteiger partial charge is 0.311 e. The number of carboxylic acid groups (broad SMARTS) is 1. The summed E-state index contributed by atoms with van der Waals surface area (Å²) >= 11 is 0. The van der Waals surface area contributed by atoms with Gasteiger partial charge in [-0.15, -0.1) is 0 Å². The van der Waals surface area contributed by atoms with Crippen LogP contribution in [0.2, 0.25) is 0 Å². The Balaban J connectivity index is 2.43. The van der Waals surface area contributed by atoms with Crippen molar-refractivity contribution >= 4 is 5.97 Å². The molecule has 0 heterocycles.